The van der Waals surface area contributed by atoms with E-state index in [0.717, 1.165) is 23.2 Å². The Kier molecular flexibility index (Phi) is 5.05. The molecule has 1 rings (SSSR count). The van der Waals surface area contributed by atoms with E-state index < -0.39 is 0 Å². The number of aliphatic hydroxyl groups excluding tert-OH is 1. The molecule has 0 bridgehead atoms. The summed E-state index contributed by atoms with van der Waals surface area (Å²) >= 11 is 0. The van der Waals surface area contributed by atoms with Crippen molar-refractivity contribution >= 4 is 11.7 Å². The van der Waals surface area contributed by atoms with E-state index in [1.54, 1.807) is 7.05 Å². The molecule has 90 valence electrons. The van der Waals surface area contributed by atoms with Crippen molar-refractivity contribution < 1.29 is 9.90 Å². The van der Waals surface area contributed by atoms with Gasteiger partial charge in [0.25, 0.3) is 0 Å². The summed E-state index contributed by atoms with van der Waals surface area (Å²) in [5.41, 5.74) is 2.62. The number of carbonyl (C=O) groups is 1. The van der Waals surface area contributed by atoms with E-state index in [1.165, 1.54) is 0 Å². The van der Waals surface area contributed by atoms with Gasteiger partial charge in [-0.15, -0.1) is 0 Å². The third-order valence-corrected chi connectivity index (χ3v) is 2.27. The van der Waals surface area contributed by atoms with E-state index in [-0.39, 0.29) is 12.6 Å². The molecule has 4 heteroatoms. The van der Waals surface area contributed by atoms with Crippen LogP contribution in [0.5, 0.6) is 0 Å². The van der Waals surface area contributed by atoms with Crippen LogP contribution in [0.15, 0.2) is 18.2 Å². The zero-order chi connectivity index (χ0) is 12.7. The van der Waals surface area contributed by atoms with Crippen LogP contribution in [0, 0.1) is 11.8 Å². The van der Waals surface area contributed by atoms with Gasteiger partial charge in [-0.25, -0.2) is 4.79 Å². The standard InChI is InChI=1S/C13H16N2O2/c1-3-11-9-10(5-4-8-16)6-7-12(11)15-13(17)14-2/h6-7,9,16H,3,8H2,1-2H3,(H2,14,15,17). The number of anilines is 1. The smallest absolute Gasteiger partial charge is 0.318 e. The monoisotopic (exact) mass is 232 g/mol. The summed E-state index contributed by atoms with van der Waals surface area (Å²) in [4.78, 5) is 11.2. The van der Waals surface area contributed by atoms with Crippen LogP contribution in [0.4, 0.5) is 10.5 Å². The van der Waals surface area contributed by atoms with Crippen LogP contribution in [0.3, 0.4) is 0 Å². The highest BCUT2D eigenvalue weighted by Crippen LogP contribution is 2.17. The van der Waals surface area contributed by atoms with Crippen LogP contribution >= 0.6 is 0 Å². The van der Waals surface area contributed by atoms with Crippen molar-refractivity contribution in [2.75, 3.05) is 19.0 Å². The molecule has 17 heavy (non-hydrogen) atoms. The number of aliphatic hydroxyl groups is 1. The molecule has 1 aromatic carbocycles. The number of rotatable bonds is 2. The highest BCUT2D eigenvalue weighted by atomic mass is 16.2. The highest BCUT2D eigenvalue weighted by molar-refractivity contribution is 5.90. The Hall–Kier alpha value is -1.99. The number of benzene rings is 1. The van der Waals surface area contributed by atoms with Crippen molar-refractivity contribution in [1.29, 1.82) is 0 Å². The van der Waals surface area contributed by atoms with Crippen molar-refractivity contribution in [3.05, 3.63) is 29.3 Å². The normalized spacial score (nSPS) is 9.12. The van der Waals surface area contributed by atoms with Crippen molar-refractivity contribution in [3.8, 4) is 11.8 Å². The van der Waals surface area contributed by atoms with Gasteiger partial charge < -0.3 is 15.7 Å². The molecule has 0 saturated heterocycles. The highest BCUT2D eigenvalue weighted by Gasteiger charge is 2.04. The average molecular weight is 232 g/mol. The summed E-state index contributed by atoms with van der Waals surface area (Å²) in [6, 6.07) is 5.30. The molecule has 0 aromatic heterocycles. The van der Waals surface area contributed by atoms with Crippen molar-refractivity contribution in [1.82, 2.24) is 5.32 Å². The van der Waals surface area contributed by atoms with Crippen LogP contribution < -0.4 is 10.6 Å². The predicted octanol–water partition coefficient (Wildman–Crippen LogP) is 1.34. The Balaban J connectivity index is 2.96. The minimum Gasteiger partial charge on any atom is -0.384 e. The first kappa shape index (κ1) is 13.1. The Morgan fingerprint density at radius 3 is 2.82 bits per heavy atom. The number of aryl methyl sites for hydroxylation is 1. The second-order valence-electron chi connectivity index (χ2n) is 3.39. The van der Waals surface area contributed by atoms with Gasteiger partial charge in [-0.3, -0.25) is 0 Å². The predicted molar refractivity (Wildman–Crippen MR) is 67.9 cm³/mol. The van der Waals surface area contributed by atoms with Crippen LogP contribution in [0.2, 0.25) is 0 Å². The number of hydrogen-bond acceptors (Lipinski definition) is 2. The van der Waals surface area contributed by atoms with Gasteiger partial charge in [-0.05, 0) is 30.2 Å². The molecule has 0 aliphatic heterocycles. The fraction of sp³-hybridized carbons (Fsp3) is 0.308. The summed E-state index contributed by atoms with van der Waals surface area (Å²) in [6.45, 7) is 1.85. The van der Waals surface area contributed by atoms with E-state index in [0.29, 0.717) is 0 Å². The van der Waals surface area contributed by atoms with Gasteiger partial charge >= 0.3 is 6.03 Å². The SMILES string of the molecule is CCc1cc(C#CCO)ccc1NC(=O)NC. The van der Waals surface area contributed by atoms with E-state index in [1.807, 2.05) is 25.1 Å². The fourth-order valence-corrected chi connectivity index (χ4v) is 1.41. The van der Waals surface area contributed by atoms with Gasteiger partial charge in [-0.1, -0.05) is 18.8 Å². The van der Waals surface area contributed by atoms with Crippen molar-refractivity contribution in [2.24, 2.45) is 0 Å². The quantitative estimate of drug-likeness (QED) is 0.674. The topological polar surface area (TPSA) is 61.4 Å². The van der Waals surface area contributed by atoms with Gasteiger partial charge in [0.2, 0.25) is 0 Å². The molecule has 0 heterocycles. The number of amides is 2. The van der Waals surface area contributed by atoms with E-state index >= 15 is 0 Å². The van der Waals surface area contributed by atoms with Gasteiger partial charge in [0.1, 0.15) is 6.61 Å². The number of carbonyl (C=O) groups excluding carboxylic acids is 1. The summed E-state index contributed by atoms with van der Waals surface area (Å²) in [6.07, 6.45) is 0.800. The molecule has 0 fully saturated rings. The Labute approximate surface area is 101 Å². The minimum atomic E-state index is -0.242. The fourth-order valence-electron chi connectivity index (χ4n) is 1.41. The Morgan fingerprint density at radius 1 is 1.47 bits per heavy atom. The van der Waals surface area contributed by atoms with Gasteiger partial charge in [0.15, 0.2) is 0 Å². The van der Waals surface area contributed by atoms with Crippen molar-refractivity contribution in [2.45, 2.75) is 13.3 Å². The van der Waals surface area contributed by atoms with E-state index in [4.69, 9.17) is 5.11 Å². The number of urea groups is 1. The van der Waals surface area contributed by atoms with E-state index in [2.05, 4.69) is 22.5 Å². The second kappa shape index (κ2) is 6.56. The summed E-state index contributed by atoms with van der Waals surface area (Å²) in [7, 11) is 1.57. The molecule has 1 aromatic rings. The van der Waals surface area contributed by atoms with Crippen LogP contribution in [0.25, 0.3) is 0 Å². The van der Waals surface area contributed by atoms with Gasteiger partial charge in [0, 0.05) is 18.3 Å². The third-order valence-electron chi connectivity index (χ3n) is 2.27. The molecule has 0 unspecified atom stereocenters. The molecular weight excluding hydrogens is 216 g/mol. The van der Waals surface area contributed by atoms with Crippen LogP contribution in [0.1, 0.15) is 18.1 Å². The lowest BCUT2D eigenvalue weighted by Crippen LogP contribution is -2.25. The molecule has 0 aliphatic rings. The molecule has 2 amide bonds. The average Bonchev–Trinajstić information content (AvgIpc) is 2.37. The first-order valence-corrected chi connectivity index (χ1v) is 5.42. The maximum atomic E-state index is 11.2. The van der Waals surface area contributed by atoms with Crippen molar-refractivity contribution in [3.63, 3.8) is 0 Å². The lowest BCUT2D eigenvalue weighted by molar-refractivity contribution is 0.254. The molecule has 3 N–H and O–H groups in total. The first-order valence-electron chi connectivity index (χ1n) is 5.42. The summed E-state index contributed by atoms with van der Waals surface area (Å²) < 4.78 is 0. The minimum absolute atomic E-state index is 0.153. The molecule has 0 spiro atoms. The van der Waals surface area contributed by atoms with Crippen LogP contribution in [-0.2, 0) is 6.42 Å². The largest absolute Gasteiger partial charge is 0.384 e. The maximum absolute atomic E-state index is 11.2. The lowest BCUT2D eigenvalue weighted by atomic mass is 10.1. The molecule has 0 aliphatic carbocycles. The van der Waals surface area contributed by atoms with Crippen LogP contribution in [-0.4, -0.2) is 24.8 Å². The Bertz CT molecular complexity index is 458. The summed E-state index contributed by atoms with van der Waals surface area (Å²) in [5, 5.41) is 13.9. The zero-order valence-corrected chi connectivity index (χ0v) is 10.0. The molecule has 0 saturated carbocycles. The van der Waals surface area contributed by atoms with E-state index in [9.17, 15) is 4.79 Å². The van der Waals surface area contributed by atoms with Gasteiger partial charge in [-0.2, -0.15) is 0 Å². The lowest BCUT2D eigenvalue weighted by Gasteiger charge is -2.09. The molecular formula is C13H16N2O2. The maximum Gasteiger partial charge on any atom is 0.318 e. The third kappa shape index (κ3) is 3.82. The second-order valence-corrected chi connectivity index (χ2v) is 3.39. The molecule has 4 nitrogen and oxygen atoms in total. The zero-order valence-electron chi connectivity index (χ0n) is 10.0. The molecule has 0 radical (unpaired) electrons. The van der Waals surface area contributed by atoms with Gasteiger partial charge in [0.05, 0.1) is 0 Å². The first-order chi connectivity index (χ1) is 8.21. The number of nitrogens with one attached hydrogen (secondary N) is 2. The summed E-state index contributed by atoms with van der Waals surface area (Å²) in [5.74, 6) is 5.43. The Morgan fingerprint density at radius 2 is 2.24 bits per heavy atom. The molecule has 0 atom stereocenters. The number of hydrogen-bond donors (Lipinski definition) is 3.